The minimum Gasteiger partial charge on any atom is -0.507 e. The molecule has 1 amide bonds. The zero-order valence-corrected chi connectivity index (χ0v) is 12.6. The molecule has 23 heavy (non-hydrogen) atoms. The number of nitrogens with one attached hydrogen (secondary N) is 1. The third kappa shape index (κ3) is 5.85. The Labute approximate surface area is 132 Å². The van der Waals surface area contributed by atoms with Crippen LogP contribution in [0.25, 0.3) is 0 Å². The van der Waals surface area contributed by atoms with Crippen molar-refractivity contribution >= 4 is 23.7 Å². The molecule has 0 aromatic heterocycles. The Balaban J connectivity index is 2.69. The summed E-state index contributed by atoms with van der Waals surface area (Å²) in [7, 11) is 0. The van der Waals surface area contributed by atoms with Crippen LogP contribution in [0.4, 0.5) is 10.5 Å². The van der Waals surface area contributed by atoms with Gasteiger partial charge in [-0.15, -0.1) is 0 Å². The second kappa shape index (κ2) is 8.62. The number of carboxylic acid groups (broad SMARTS) is 2. The Morgan fingerprint density at radius 1 is 1.22 bits per heavy atom. The number of aromatic hydroxyl groups is 1. The molecule has 0 aliphatic carbocycles. The molecule has 1 aromatic rings. The number of unbranched alkanes of at least 4 members (excludes halogenated alkanes) is 2. The van der Waals surface area contributed by atoms with Crippen molar-refractivity contribution in [2.45, 2.75) is 38.7 Å². The summed E-state index contributed by atoms with van der Waals surface area (Å²) in [6, 6.07) is 3.43. The van der Waals surface area contributed by atoms with Gasteiger partial charge in [-0.25, -0.2) is 14.4 Å². The standard InChI is InChI=1S/C15H19NO7/c1-2-3-4-5-12(14(20)21)23-15(22)16-9-6-7-11(17)10(8-9)13(18)19/h6-8,12,17H,2-5H2,1H3,(H,16,22)(H,18,19)(H,20,21). The van der Waals surface area contributed by atoms with Crippen LogP contribution in [-0.2, 0) is 9.53 Å². The maximum absolute atomic E-state index is 11.7. The molecule has 0 aliphatic rings. The first-order chi connectivity index (χ1) is 10.8. The largest absolute Gasteiger partial charge is 0.507 e. The summed E-state index contributed by atoms with van der Waals surface area (Å²) in [5.74, 6) is -3.05. The molecule has 0 saturated carbocycles. The first-order valence-electron chi connectivity index (χ1n) is 7.12. The summed E-state index contributed by atoms with van der Waals surface area (Å²) >= 11 is 0. The first kappa shape index (κ1) is 18.3. The van der Waals surface area contributed by atoms with Gasteiger partial charge >= 0.3 is 18.0 Å². The number of aromatic carboxylic acids is 1. The SMILES string of the molecule is CCCCCC(OC(=O)Nc1ccc(O)c(C(=O)O)c1)C(=O)O. The molecule has 0 aliphatic heterocycles. The van der Waals surface area contributed by atoms with Gasteiger partial charge < -0.3 is 20.1 Å². The fourth-order valence-corrected chi connectivity index (χ4v) is 1.87. The number of aliphatic carboxylic acids is 1. The number of anilines is 1. The number of benzene rings is 1. The zero-order chi connectivity index (χ0) is 17.4. The monoisotopic (exact) mass is 325 g/mol. The predicted octanol–water partition coefficient (Wildman–Crippen LogP) is 2.67. The highest BCUT2D eigenvalue weighted by atomic mass is 16.6. The Morgan fingerprint density at radius 2 is 1.91 bits per heavy atom. The van der Waals surface area contributed by atoms with Crippen molar-refractivity contribution in [1.29, 1.82) is 0 Å². The summed E-state index contributed by atoms with van der Waals surface area (Å²) < 4.78 is 4.83. The van der Waals surface area contributed by atoms with Crippen LogP contribution < -0.4 is 5.32 Å². The highest BCUT2D eigenvalue weighted by Crippen LogP contribution is 2.21. The fraction of sp³-hybridized carbons (Fsp3) is 0.400. The van der Waals surface area contributed by atoms with Gasteiger partial charge in [0, 0.05) is 5.69 Å². The lowest BCUT2D eigenvalue weighted by Gasteiger charge is -2.14. The van der Waals surface area contributed by atoms with Crippen molar-refractivity contribution in [2.75, 3.05) is 5.32 Å². The zero-order valence-electron chi connectivity index (χ0n) is 12.6. The molecule has 1 rings (SSSR count). The van der Waals surface area contributed by atoms with Crippen molar-refractivity contribution in [3.8, 4) is 5.75 Å². The number of carboxylic acids is 2. The van der Waals surface area contributed by atoms with Gasteiger partial charge in [-0.1, -0.05) is 19.8 Å². The van der Waals surface area contributed by atoms with Crippen LogP contribution in [0.2, 0.25) is 0 Å². The number of hydrogen-bond donors (Lipinski definition) is 4. The maximum Gasteiger partial charge on any atom is 0.412 e. The van der Waals surface area contributed by atoms with E-state index in [2.05, 4.69) is 5.32 Å². The lowest BCUT2D eigenvalue weighted by atomic mass is 10.1. The maximum atomic E-state index is 11.7. The molecule has 0 spiro atoms. The predicted molar refractivity (Wildman–Crippen MR) is 80.7 cm³/mol. The van der Waals surface area contributed by atoms with E-state index in [0.717, 1.165) is 25.0 Å². The Kier molecular flexibility index (Phi) is 6.85. The molecule has 0 bridgehead atoms. The van der Waals surface area contributed by atoms with Crippen LogP contribution in [0.5, 0.6) is 5.75 Å². The lowest BCUT2D eigenvalue weighted by Crippen LogP contribution is -2.29. The van der Waals surface area contributed by atoms with E-state index in [4.69, 9.17) is 14.9 Å². The van der Waals surface area contributed by atoms with Gasteiger partial charge in [-0.3, -0.25) is 5.32 Å². The van der Waals surface area contributed by atoms with Crippen LogP contribution in [0.15, 0.2) is 18.2 Å². The molecule has 0 saturated heterocycles. The highest BCUT2D eigenvalue weighted by Gasteiger charge is 2.22. The van der Waals surface area contributed by atoms with Gasteiger partial charge in [0.25, 0.3) is 0 Å². The van der Waals surface area contributed by atoms with Crippen molar-refractivity contribution in [3.05, 3.63) is 23.8 Å². The van der Waals surface area contributed by atoms with Crippen LogP contribution in [-0.4, -0.2) is 39.5 Å². The topological polar surface area (TPSA) is 133 Å². The number of ether oxygens (including phenoxy) is 1. The van der Waals surface area contributed by atoms with Crippen molar-refractivity contribution in [2.24, 2.45) is 0 Å². The molecule has 8 heteroatoms. The second-order valence-electron chi connectivity index (χ2n) is 4.89. The molecule has 1 atom stereocenters. The third-order valence-electron chi connectivity index (χ3n) is 3.07. The smallest absolute Gasteiger partial charge is 0.412 e. The summed E-state index contributed by atoms with van der Waals surface area (Å²) in [5, 5.41) is 29.5. The normalized spacial score (nSPS) is 11.5. The number of carbonyl (C=O) groups is 3. The number of hydrogen-bond acceptors (Lipinski definition) is 5. The fourth-order valence-electron chi connectivity index (χ4n) is 1.87. The summed E-state index contributed by atoms with van der Waals surface area (Å²) in [5.41, 5.74) is -0.316. The molecular weight excluding hydrogens is 306 g/mol. The van der Waals surface area contributed by atoms with Gasteiger partial charge in [0.1, 0.15) is 11.3 Å². The van der Waals surface area contributed by atoms with Gasteiger partial charge in [0.2, 0.25) is 6.10 Å². The highest BCUT2D eigenvalue weighted by molar-refractivity contribution is 5.94. The number of rotatable bonds is 8. The second-order valence-corrected chi connectivity index (χ2v) is 4.89. The number of phenols is 1. The van der Waals surface area contributed by atoms with Crippen LogP contribution in [0, 0.1) is 0 Å². The van der Waals surface area contributed by atoms with E-state index in [1.807, 2.05) is 6.92 Å². The van der Waals surface area contributed by atoms with E-state index in [1.165, 1.54) is 6.07 Å². The third-order valence-corrected chi connectivity index (χ3v) is 3.07. The number of amides is 1. The van der Waals surface area contributed by atoms with Crippen molar-refractivity contribution in [3.63, 3.8) is 0 Å². The molecular formula is C15H19NO7. The van der Waals surface area contributed by atoms with E-state index in [0.29, 0.717) is 6.42 Å². The molecule has 4 N–H and O–H groups in total. The van der Waals surface area contributed by atoms with E-state index in [9.17, 15) is 19.5 Å². The lowest BCUT2D eigenvalue weighted by molar-refractivity contribution is -0.146. The molecule has 0 heterocycles. The summed E-state index contributed by atoms with van der Waals surface area (Å²) in [6.45, 7) is 1.97. The summed E-state index contributed by atoms with van der Waals surface area (Å²) in [4.78, 5) is 33.7. The molecule has 1 aromatic carbocycles. The van der Waals surface area contributed by atoms with Gasteiger partial charge in [0.15, 0.2) is 0 Å². The first-order valence-corrected chi connectivity index (χ1v) is 7.12. The molecule has 0 fully saturated rings. The Bertz CT molecular complexity index is 585. The van der Waals surface area contributed by atoms with Crippen molar-refractivity contribution < 1.29 is 34.4 Å². The average molecular weight is 325 g/mol. The summed E-state index contributed by atoms with van der Waals surface area (Å²) in [6.07, 6.45) is 0.280. The molecule has 126 valence electrons. The van der Waals surface area contributed by atoms with E-state index in [-0.39, 0.29) is 17.7 Å². The number of carbonyl (C=O) groups excluding carboxylic acids is 1. The minimum absolute atomic E-state index is 0.0721. The molecule has 8 nitrogen and oxygen atoms in total. The quantitative estimate of drug-likeness (QED) is 0.426. The van der Waals surface area contributed by atoms with Gasteiger partial charge in [0.05, 0.1) is 0 Å². The average Bonchev–Trinajstić information content (AvgIpc) is 2.48. The van der Waals surface area contributed by atoms with Crippen LogP contribution >= 0.6 is 0 Å². The Hall–Kier alpha value is -2.77. The van der Waals surface area contributed by atoms with Gasteiger partial charge in [-0.2, -0.15) is 0 Å². The van der Waals surface area contributed by atoms with Gasteiger partial charge in [-0.05, 0) is 31.0 Å². The Morgan fingerprint density at radius 3 is 2.48 bits per heavy atom. The molecule has 0 radical (unpaired) electrons. The van der Waals surface area contributed by atoms with Crippen LogP contribution in [0.1, 0.15) is 43.0 Å². The van der Waals surface area contributed by atoms with E-state index >= 15 is 0 Å². The minimum atomic E-state index is -1.36. The van der Waals surface area contributed by atoms with E-state index in [1.54, 1.807) is 0 Å². The molecule has 1 unspecified atom stereocenters. The van der Waals surface area contributed by atoms with E-state index < -0.39 is 29.9 Å². The van der Waals surface area contributed by atoms with Crippen molar-refractivity contribution in [1.82, 2.24) is 0 Å². The van der Waals surface area contributed by atoms with Crippen LogP contribution in [0.3, 0.4) is 0 Å².